The first-order chi connectivity index (χ1) is 7.60. The van der Waals surface area contributed by atoms with Crippen molar-refractivity contribution in [1.82, 2.24) is 0 Å². The Hall–Kier alpha value is -1.52. The Morgan fingerprint density at radius 2 is 1.56 bits per heavy atom. The second kappa shape index (κ2) is 5.53. The maximum atomic E-state index is 11.4. The zero-order chi connectivity index (χ0) is 12.1. The predicted molar refractivity (Wildman–Crippen MR) is 53.5 cm³/mol. The average Bonchev–Trinajstić information content (AvgIpc) is 2.36. The van der Waals surface area contributed by atoms with E-state index in [0.717, 1.165) is 0 Å². The fourth-order valence-electron chi connectivity index (χ4n) is 2.02. The highest BCUT2D eigenvalue weighted by Gasteiger charge is 2.32. The summed E-state index contributed by atoms with van der Waals surface area (Å²) in [5.74, 6) is -2.45. The minimum absolute atomic E-state index is 0.0503. The van der Waals surface area contributed by atoms with Crippen molar-refractivity contribution in [3.05, 3.63) is 0 Å². The summed E-state index contributed by atoms with van der Waals surface area (Å²) in [4.78, 5) is 43.6. The second-order valence-corrected chi connectivity index (χ2v) is 3.92. The predicted octanol–water partition coefficient (Wildman–Crippen LogP) is 0.303. The van der Waals surface area contributed by atoms with Crippen molar-refractivity contribution in [2.75, 3.05) is 7.11 Å². The van der Waals surface area contributed by atoms with Crippen LogP contribution in [0.2, 0.25) is 0 Å². The van der Waals surface area contributed by atoms with Gasteiger partial charge >= 0.3 is 5.97 Å². The number of esters is 1. The van der Waals surface area contributed by atoms with Crippen LogP contribution >= 0.6 is 0 Å². The summed E-state index contributed by atoms with van der Waals surface area (Å²) in [6.45, 7) is 0. The maximum absolute atomic E-state index is 11.4. The fourth-order valence-corrected chi connectivity index (χ4v) is 2.02. The molecule has 0 aromatic heterocycles. The summed E-state index contributed by atoms with van der Waals surface area (Å²) in [6.07, 6.45) is 2.07. The molecule has 0 spiro atoms. The summed E-state index contributed by atoms with van der Waals surface area (Å²) in [6, 6.07) is 0. The normalized spacial score (nSPS) is 24.6. The van der Waals surface area contributed by atoms with E-state index in [1.165, 1.54) is 7.11 Å². The average molecular weight is 226 g/mol. The molecular weight excluding hydrogens is 212 g/mol. The van der Waals surface area contributed by atoms with Crippen LogP contribution < -0.4 is 0 Å². The van der Waals surface area contributed by atoms with E-state index in [2.05, 4.69) is 4.74 Å². The first-order valence-electron chi connectivity index (χ1n) is 5.21. The molecule has 1 rings (SSSR count). The Kier molecular flexibility index (Phi) is 4.34. The van der Waals surface area contributed by atoms with E-state index in [1.807, 2.05) is 0 Å². The number of aldehydes is 1. The summed E-state index contributed by atoms with van der Waals surface area (Å²) >= 11 is 0. The van der Waals surface area contributed by atoms with Crippen molar-refractivity contribution in [1.29, 1.82) is 0 Å². The van der Waals surface area contributed by atoms with Gasteiger partial charge in [0.25, 0.3) is 5.78 Å². The van der Waals surface area contributed by atoms with Crippen LogP contribution in [0.5, 0.6) is 0 Å². The first-order valence-corrected chi connectivity index (χ1v) is 5.21. The van der Waals surface area contributed by atoms with E-state index in [-0.39, 0.29) is 18.2 Å². The molecule has 0 aromatic rings. The number of carbonyl (C=O) groups is 4. The van der Waals surface area contributed by atoms with Crippen molar-refractivity contribution in [3.63, 3.8) is 0 Å². The maximum Gasteiger partial charge on any atom is 0.308 e. The van der Waals surface area contributed by atoms with E-state index in [0.29, 0.717) is 25.7 Å². The number of rotatable bonds is 4. The lowest BCUT2D eigenvalue weighted by Gasteiger charge is -2.24. The third-order valence-electron chi connectivity index (χ3n) is 2.98. The van der Waals surface area contributed by atoms with Gasteiger partial charge in [-0.1, -0.05) is 0 Å². The molecular formula is C11H14O5. The molecule has 0 aromatic carbocycles. The van der Waals surface area contributed by atoms with Gasteiger partial charge in [0.15, 0.2) is 6.29 Å². The molecule has 16 heavy (non-hydrogen) atoms. The largest absolute Gasteiger partial charge is 0.469 e. The Morgan fingerprint density at radius 3 is 2.00 bits per heavy atom. The van der Waals surface area contributed by atoms with Crippen molar-refractivity contribution in [2.45, 2.75) is 25.7 Å². The van der Waals surface area contributed by atoms with Crippen molar-refractivity contribution < 1.29 is 23.9 Å². The van der Waals surface area contributed by atoms with Crippen LogP contribution in [0, 0.1) is 11.8 Å². The standard InChI is InChI=1S/C11H14O5/c1-16-11(15)8-4-2-7(3-5-8)10(14)9(13)6-12/h6-8H,2-5H2,1H3. The number of ketones is 2. The van der Waals surface area contributed by atoms with Gasteiger partial charge in [0, 0.05) is 5.92 Å². The molecule has 1 fully saturated rings. The van der Waals surface area contributed by atoms with Gasteiger partial charge < -0.3 is 4.74 Å². The third kappa shape index (κ3) is 2.74. The van der Waals surface area contributed by atoms with Crippen LogP contribution in [-0.4, -0.2) is 30.9 Å². The molecule has 0 amide bonds. The smallest absolute Gasteiger partial charge is 0.308 e. The Labute approximate surface area is 93.1 Å². The molecule has 0 atom stereocenters. The molecule has 0 heterocycles. The van der Waals surface area contributed by atoms with E-state index in [4.69, 9.17) is 0 Å². The van der Waals surface area contributed by atoms with Gasteiger partial charge in [-0.15, -0.1) is 0 Å². The number of carbonyl (C=O) groups excluding carboxylic acids is 4. The molecule has 0 bridgehead atoms. The molecule has 1 saturated carbocycles. The molecule has 0 aliphatic heterocycles. The van der Waals surface area contributed by atoms with Gasteiger partial charge in [0.1, 0.15) is 0 Å². The topological polar surface area (TPSA) is 77.5 Å². The van der Waals surface area contributed by atoms with Gasteiger partial charge in [-0.3, -0.25) is 19.2 Å². The van der Waals surface area contributed by atoms with Crippen LogP contribution in [0.15, 0.2) is 0 Å². The Morgan fingerprint density at radius 1 is 1.06 bits per heavy atom. The van der Waals surface area contributed by atoms with Crippen molar-refractivity contribution in [3.8, 4) is 0 Å². The van der Waals surface area contributed by atoms with Crippen LogP contribution in [0.1, 0.15) is 25.7 Å². The summed E-state index contributed by atoms with van der Waals surface area (Å²) in [5.41, 5.74) is 0. The van der Waals surface area contributed by atoms with Gasteiger partial charge in [-0.05, 0) is 25.7 Å². The van der Waals surface area contributed by atoms with E-state index in [1.54, 1.807) is 0 Å². The zero-order valence-corrected chi connectivity index (χ0v) is 9.10. The number of ether oxygens (including phenoxy) is 1. The minimum Gasteiger partial charge on any atom is -0.469 e. The molecule has 0 unspecified atom stereocenters. The number of methoxy groups -OCH3 is 1. The van der Waals surface area contributed by atoms with E-state index >= 15 is 0 Å². The third-order valence-corrected chi connectivity index (χ3v) is 2.98. The molecule has 1 aliphatic carbocycles. The van der Waals surface area contributed by atoms with Gasteiger partial charge in [-0.2, -0.15) is 0 Å². The number of hydrogen-bond acceptors (Lipinski definition) is 5. The number of Topliss-reactive ketones (excluding diaryl/α,β-unsaturated/α-hetero) is 2. The highest BCUT2D eigenvalue weighted by atomic mass is 16.5. The van der Waals surface area contributed by atoms with Crippen LogP contribution in [0.25, 0.3) is 0 Å². The molecule has 88 valence electrons. The van der Waals surface area contributed by atoms with Gasteiger partial charge in [-0.25, -0.2) is 0 Å². The molecule has 1 aliphatic rings. The molecule has 0 N–H and O–H groups in total. The fraction of sp³-hybridized carbons (Fsp3) is 0.636. The monoisotopic (exact) mass is 226 g/mol. The Balaban J connectivity index is 2.49. The summed E-state index contributed by atoms with van der Waals surface area (Å²) in [7, 11) is 1.33. The lowest BCUT2D eigenvalue weighted by Crippen LogP contribution is -2.30. The number of hydrogen-bond donors (Lipinski definition) is 0. The van der Waals surface area contributed by atoms with Crippen LogP contribution in [-0.2, 0) is 23.9 Å². The minimum atomic E-state index is -0.971. The lowest BCUT2D eigenvalue weighted by molar-refractivity contribution is -0.148. The molecule has 5 nitrogen and oxygen atoms in total. The summed E-state index contributed by atoms with van der Waals surface area (Å²) in [5, 5.41) is 0. The van der Waals surface area contributed by atoms with E-state index < -0.39 is 17.5 Å². The SMILES string of the molecule is COC(=O)C1CCC(C(=O)C(=O)C=O)CC1. The Bertz CT molecular complexity index is 312. The summed E-state index contributed by atoms with van der Waals surface area (Å²) < 4.78 is 4.61. The molecule has 0 radical (unpaired) electrons. The van der Waals surface area contributed by atoms with E-state index in [9.17, 15) is 19.2 Å². The highest BCUT2D eigenvalue weighted by Crippen LogP contribution is 2.30. The molecule has 0 saturated heterocycles. The highest BCUT2D eigenvalue weighted by molar-refractivity contribution is 6.58. The van der Waals surface area contributed by atoms with Crippen molar-refractivity contribution in [2.24, 2.45) is 11.8 Å². The van der Waals surface area contributed by atoms with Crippen molar-refractivity contribution >= 4 is 23.8 Å². The van der Waals surface area contributed by atoms with Gasteiger partial charge in [0.05, 0.1) is 13.0 Å². The molecule has 5 heteroatoms. The second-order valence-electron chi connectivity index (χ2n) is 3.92. The lowest BCUT2D eigenvalue weighted by atomic mass is 9.79. The first kappa shape index (κ1) is 12.5. The quantitative estimate of drug-likeness (QED) is 0.298. The van der Waals surface area contributed by atoms with Gasteiger partial charge in [0.2, 0.25) is 5.78 Å². The zero-order valence-electron chi connectivity index (χ0n) is 9.10. The van der Waals surface area contributed by atoms with Crippen LogP contribution in [0.4, 0.5) is 0 Å². The van der Waals surface area contributed by atoms with Crippen LogP contribution in [0.3, 0.4) is 0 Å².